The number of ketones is 1. The zero-order valence-corrected chi connectivity index (χ0v) is 32.7. The van der Waals surface area contributed by atoms with E-state index in [4.69, 9.17) is 4.74 Å². The third-order valence-electron chi connectivity index (χ3n) is 9.45. The van der Waals surface area contributed by atoms with Crippen LogP contribution in [0.5, 0.6) is 0 Å². The first-order valence-corrected chi connectivity index (χ1v) is 19.6. The molecule has 3 rings (SSSR count). The first-order chi connectivity index (χ1) is 21.3. The van der Waals surface area contributed by atoms with E-state index < -0.39 is 5.60 Å². The average molecular weight is 657 g/mol. The van der Waals surface area contributed by atoms with Gasteiger partial charge in [0.05, 0.1) is 0 Å². The molecule has 4 heteroatoms. The van der Waals surface area contributed by atoms with Crippen LogP contribution in [0.25, 0.3) is 11.6 Å². The van der Waals surface area contributed by atoms with Crippen LogP contribution in [-0.4, -0.2) is 18.0 Å². The maximum absolute atomic E-state index is 12.3. The highest BCUT2D eigenvalue weighted by molar-refractivity contribution is 7.13. The molecule has 0 aliphatic heterocycles. The Balaban J connectivity index is 0.000000389. The number of aryl methyl sites for hydroxylation is 1. The van der Waals surface area contributed by atoms with Gasteiger partial charge < -0.3 is 4.74 Å². The summed E-state index contributed by atoms with van der Waals surface area (Å²) in [5, 5.41) is 3.48. The highest BCUT2D eigenvalue weighted by Crippen LogP contribution is 2.40. The Morgan fingerprint density at radius 2 is 1.76 bits per heavy atom. The van der Waals surface area contributed by atoms with E-state index in [2.05, 4.69) is 105 Å². The van der Waals surface area contributed by atoms with Crippen LogP contribution in [-0.2, 0) is 16.0 Å². The van der Waals surface area contributed by atoms with E-state index in [0.29, 0.717) is 18.4 Å². The monoisotopic (exact) mass is 656 g/mol. The lowest BCUT2D eigenvalue weighted by molar-refractivity contribution is -0.148. The largest absolute Gasteiger partial charge is 0.367 e. The van der Waals surface area contributed by atoms with Crippen LogP contribution >= 0.6 is 22.7 Å². The second kappa shape index (κ2) is 21.4. The maximum Gasteiger partial charge on any atom is 0.161 e. The molecule has 3 atom stereocenters. The normalized spacial score (nSPS) is 17.1. The fourth-order valence-corrected chi connectivity index (χ4v) is 7.72. The second-order valence-electron chi connectivity index (χ2n) is 14.3. The van der Waals surface area contributed by atoms with E-state index in [1.807, 2.05) is 28.7 Å². The molecule has 0 spiro atoms. The van der Waals surface area contributed by atoms with Gasteiger partial charge in [0.2, 0.25) is 0 Å². The average Bonchev–Trinajstić information content (AvgIpc) is 3.66. The molecule has 3 unspecified atom stereocenters. The predicted molar refractivity (Wildman–Crippen MR) is 204 cm³/mol. The van der Waals surface area contributed by atoms with Crippen molar-refractivity contribution in [1.29, 1.82) is 0 Å². The smallest absolute Gasteiger partial charge is 0.161 e. The summed E-state index contributed by atoms with van der Waals surface area (Å²) < 4.78 is 7.49. The van der Waals surface area contributed by atoms with Crippen LogP contribution in [0.1, 0.15) is 150 Å². The van der Waals surface area contributed by atoms with Crippen molar-refractivity contribution in [3.05, 3.63) is 55.7 Å². The molecule has 45 heavy (non-hydrogen) atoms. The lowest BCUT2D eigenvalue weighted by Crippen LogP contribution is -2.44. The number of carbonyl (C=O) groups excluding carboxylic acids is 1. The van der Waals surface area contributed by atoms with Crippen LogP contribution < -0.4 is 9.75 Å². The zero-order chi connectivity index (χ0) is 34.0. The Labute approximate surface area is 286 Å². The SMILES string of the molecule is C=C/C=c1/ccs/c1=C(/CCC)c1ccc(CC)s1.CC1CCC1.CCCOC(CC)(CC(CC(C)CC)C(C)(C)C)C(C)=O. The van der Waals surface area contributed by atoms with Gasteiger partial charge in [-0.1, -0.05) is 120 Å². The van der Waals surface area contributed by atoms with Crippen molar-refractivity contribution < 1.29 is 9.53 Å². The van der Waals surface area contributed by atoms with Gasteiger partial charge in [-0.3, -0.25) is 4.79 Å². The van der Waals surface area contributed by atoms with E-state index in [0.717, 1.165) is 38.0 Å². The summed E-state index contributed by atoms with van der Waals surface area (Å²) in [5.74, 6) is 2.46. The van der Waals surface area contributed by atoms with Crippen molar-refractivity contribution in [3.63, 3.8) is 0 Å². The quantitative estimate of drug-likeness (QED) is 0.191. The minimum absolute atomic E-state index is 0.192. The second-order valence-corrected chi connectivity index (χ2v) is 16.3. The van der Waals surface area contributed by atoms with Crippen LogP contribution in [0.2, 0.25) is 0 Å². The van der Waals surface area contributed by atoms with Crippen molar-refractivity contribution >= 4 is 40.1 Å². The standard InChI is InChI=1S/C19H38O2.C17H20S2.C5H10/c1-9-12-21-19(11-3,16(5)20)14-17(18(6,7)8)13-15(4)10-2;1-4-7-13-11-12-18-17(13)15(8-5-2)16-10-9-14(6-3)19-16;1-5-3-2-4-5/h15,17H,9-14H2,1-8H3;4,7,9-12H,1,5-6,8H2,2-3H3;5H,2-4H2,1H3/b;13-7-,17-15-;. The molecular formula is C41H68O2S2. The Morgan fingerprint density at radius 3 is 2.18 bits per heavy atom. The van der Waals surface area contributed by atoms with Crippen molar-refractivity contribution in [2.45, 2.75) is 152 Å². The zero-order valence-electron chi connectivity index (χ0n) is 31.0. The summed E-state index contributed by atoms with van der Waals surface area (Å²) >= 11 is 3.78. The first-order valence-electron chi connectivity index (χ1n) is 18.0. The number of rotatable bonds is 15. The highest BCUT2D eigenvalue weighted by atomic mass is 32.1. The highest BCUT2D eigenvalue weighted by Gasteiger charge is 2.40. The summed E-state index contributed by atoms with van der Waals surface area (Å²) in [4.78, 5) is 15.2. The van der Waals surface area contributed by atoms with Gasteiger partial charge in [-0.05, 0) is 103 Å². The molecule has 1 aliphatic carbocycles. The van der Waals surface area contributed by atoms with Gasteiger partial charge in [0.15, 0.2) is 5.78 Å². The summed E-state index contributed by atoms with van der Waals surface area (Å²) in [5.41, 5.74) is 1.12. The number of hydrogen-bond acceptors (Lipinski definition) is 4. The van der Waals surface area contributed by atoms with Crippen molar-refractivity contribution in [1.82, 2.24) is 0 Å². The Bertz CT molecular complexity index is 1220. The molecule has 0 N–H and O–H groups in total. The molecule has 0 bridgehead atoms. The van der Waals surface area contributed by atoms with E-state index in [-0.39, 0.29) is 11.2 Å². The molecule has 2 nitrogen and oxygen atoms in total. The minimum Gasteiger partial charge on any atom is -0.367 e. The van der Waals surface area contributed by atoms with Gasteiger partial charge in [-0.2, -0.15) is 0 Å². The fraction of sp³-hybridized carbons (Fsp3) is 0.683. The van der Waals surface area contributed by atoms with Gasteiger partial charge in [0.25, 0.3) is 0 Å². The fourth-order valence-electron chi connectivity index (χ4n) is 5.65. The topological polar surface area (TPSA) is 26.3 Å². The van der Waals surface area contributed by atoms with Crippen molar-refractivity contribution in [2.75, 3.05) is 6.61 Å². The van der Waals surface area contributed by atoms with Crippen LogP contribution in [0.4, 0.5) is 0 Å². The van der Waals surface area contributed by atoms with Gasteiger partial charge in [0, 0.05) is 20.9 Å². The number of carbonyl (C=O) groups is 1. The number of Topliss-reactive ketones (excluding diaryl/α,β-unsaturated/α-hetero) is 1. The van der Waals surface area contributed by atoms with Crippen LogP contribution in [0, 0.1) is 23.2 Å². The van der Waals surface area contributed by atoms with E-state index in [1.165, 1.54) is 63.6 Å². The molecule has 0 saturated heterocycles. The molecule has 1 fully saturated rings. The lowest BCUT2D eigenvalue weighted by atomic mass is 9.69. The van der Waals surface area contributed by atoms with Gasteiger partial charge >= 0.3 is 0 Å². The van der Waals surface area contributed by atoms with E-state index >= 15 is 0 Å². The van der Waals surface area contributed by atoms with Crippen molar-refractivity contribution in [2.24, 2.45) is 23.2 Å². The predicted octanol–water partition coefficient (Wildman–Crippen LogP) is 11.8. The molecular weight excluding hydrogens is 589 g/mol. The molecule has 256 valence electrons. The molecule has 1 aliphatic rings. The molecule has 0 radical (unpaired) electrons. The molecule has 2 aromatic rings. The van der Waals surface area contributed by atoms with Gasteiger partial charge in [0.1, 0.15) is 5.60 Å². The lowest BCUT2D eigenvalue weighted by Gasteiger charge is -2.40. The van der Waals surface area contributed by atoms with Gasteiger partial charge in [-0.25, -0.2) is 0 Å². The molecule has 1 saturated carbocycles. The molecule has 0 amide bonds. The van der Waals surface area contributed by atoms with Crippen LogP contribution in [0.3, 0.4) is 0 Å². The third-order valence-corrected chi connectivity index (χ3v) is 11.7. The third kappa shape index (κ3) is 14.0. The minimum atomic E-state index is -0.582. The Hall–Kier alpha value is -1.49. The maximum atomic E-state index is 12.3. The van der Waals surface area contributed by atoms with E-state index in [1.54, 1.807) is 6.92 Å². The summed E-state index contributed by atoms with van der Waals surface area (Å²) in [6.45, 7) is 28.6. The molecule has 0 aromatic carbocycles. The number of allylic oxidation sites excluding steroid dienone is 1. The van der Waals surface area contributed by atoms with E-state index in [9.17, 15) is 4.79 Å². The summed E-state index contributed by atoms with van der Waals surface area (Å²) in [6.07, 6.45) is 16.8. The van der Waals surface area contributed by atoms with Gasteiger partial charge in [-0.15, -0.1) is 22.7 Å². The Kier molecular flexibility index (Phi) is 19.7. The Morgan fingerprint density at radius 1 is 1.09 bits per heavy atom. The number of ether oxygens (including phenoxy) is 1. The first kappa shape index (κ1) is 41.5. The summed E-state index contributed by atoms with van der Waals surface area (Å²) in [6, 6.07) is 6.73. The molecule has 2 heterocycles. The summed E-state index contributed by atoms with van der Waals surface area (Å²) in [7, 11) is 0. The van der Waals surface area contributed by atoms with Crippen LogP contribution in [0.15, 0.2) is 36.2 Å². The number of thiophene rings is 2. The molecule has 2 aromatic heterocycles. The number of hydrogen-bond donors (Lipinski definition) is 0. The van der Waals surface area contributed by atoms with Crippen molar-refractivity contribution in [3.8, 4) is 0 Å².